The Balaban J connectivity index is 0.000000145. The summed E-state index contributed by atoms with van der Waals surface area (Å²) in [6.45, 7) is 16.2. The van der Waals surface area contributed by atoms with Crippen molar-refractivity contribution in [2.45, 2.75) is 13.8 Å². The summed E-state index contributed by atoms with van der Waals surface area (Å²) in [7, 11) is 0. The summed E-state index contributed by atoms with van der Waals surface area (Å²) in [6, 6.07) is 35.0. The van der Waals surface area contributed by atoms with E-state index in [0.29, 0.717) is 82.2 Å². The van der Waals surface area contributed by atoms with E-state index in [-0.39, 0.29) is 27.9 Å². The predicted molar refractivity (Wildman–Crippen MR) is 301 cm³/mol. The largest absolute Gasteiger partial charge is 0.397 e. The van der Waals surface area contributed by atoms with Crippen molar-refractivity contribution >= 4 is 73.2 Å². The Labute approximate surface area is 450 Å². The molecule has 400 valence electrons. The molecule has 4 aliphatic heterocycles. The van der Waals surface area contributed by atoms with Crippen LogP contribution in [0.25, 0.3) is 44.3 Å². The maximum atomic E-state index is 15.4. The van der Waals surface area contributed by atoms with Crippen molar-refractivity contribution in [3.63, 3.8) is 0 Å². The molecule has 4 aliphatic rings. The van der Waals surface area contributed by atoms with Gasteiger partial charge in [-0.2, -0.15) is 0 Å². The monoisotopic (exact) mass is 1070 g/mol. The van der Waals surface area contributed by atoms with Crippen LogP contribution in [0.5, 0.6) is 0 Å². The Morgan fingerprint density at radius 3 is 1.39 bits per heavy atom. The molecule has 4 saturated heterocycles. The average Bonchev–Trinajstić information content (AvgIpc) is 3.48. The van der Waals surface area contributed by atoms with Crippen LogP contribution in [0.4, 0.5) is 57.4 Å². The van der Waals surface area contributed by atoms with E-state index < -0.39 is 5.82 Å². The van der Waals surface area contributed by atoms with Gasteiger partial charge in [-0.3, -0.25) is 0 Å². The molecular formula is C60H61ClF4N8O4. The molecule has 6 heterocycles. The van der Waals surface area contributed by atoms with E-state index in [2.05, 4.69) is 66.3 Å². The Morgan fingerprint density at radius 2 is 0.883 bits per heavy atom. The highest BCUT2D eigenvalue weighted by atomic mass is 35.5. The quantitative estimate of drug-likeness (QED) is 0.112. The molecule has 17 heteroatoms. The summed E-state index contributed by atoms with van der Waals surface area (Å²) >= 11 is 6.24. The lowest BCUT2D eigenvalue weighted by Gasteiger charge is -2.33. The van der Waals surface area contributed by atoms with Crippen molar-refractivity contribution < 1.29 is 36.5 Å². The Morgan fingerprint density at radius 1 is 0.468 bits per heavy atom. The van der Waals surface area contributed by atoms with Gasteiger partial charge in [0.2, 0.25) is 0 Å². The first-order valence-corrected chi connectivity index (χ1v) is 26.4. The van der Waals surface area contributed by atoms with E-state index in [0.717, 1.165) is 107 Å². The van der Waals surface area contributed by atoms with Crippen molar-refractivity contribution in [3.05, 3.63) is 161 Å². The zero-order valence-electron chi connectivity index (χ0n) is 43.1. The van der Waals surface area contributed by atoms with Crippen molar-refractivity contribution in [2.75, 3.05) is 136 Å². The zero-order chi connectivity index (χ0) is 53.4. The molecular weight excluding hydrogens is 1010 g/mol. The predicted octanol–water partition coefficient (Wildman–Crippen LogP) is 12.0. The summed E-state index contributed by atoms with van der Waals surface area (Å²) in [6.07, 6.45) is 0. The fourth-order valence-corrected chi connectivity index (χ4v) is 10.5. The lowest BCUT2D eigenvalue weighted by molar-refractivity contribution is 0.122. The Hall–Kier alpha value is -7.21. The molecule has 0 spiro atoms. The van der Waals surface area contributed by atoms with Gasteiger partial charge in [-0.05, 0) is 110 Å². The number of benzene rings is 6. The fraction of sp³-hybridized carbons (Fsp3) is 0.300. The molecule has 0 amide bonds. The number of nitrogen functional groups attached to an aromatic ring is 1. The van der Waals surface area contributed by atoms with Crippen molar-refractivity contribution in [1.82, 2.24) is 9.97 Å². The minimum absolute atomic E-state index is 0.270. The van der Waals surface area contributed by atoms with E-state index in [1.807, 2.05) is 6.92 Å². The van der Waals surface area contributed by atoms with Gasteiger partial charge in [-0.25, -0.2) is 27.5 Å². The summed E-state index contributed by atoms with van der Waals surface area (Å²) in [5.74, 6) is -1.55. The second-order valence-electron chi connectivity index (χ2n) is 19.1. The maximum Gasteiger partial charge on any atom is 0.134 e. The number of nitrogens with two attached hydrogens (primary N) is 1. The Bertz CT molecular complexity index is 3370. The van der Waals surface area contributed by atoms with Crippen molar-refractivity contribution in [3.8, 4) is 22.5 Å². The van der Waals surface area contributed by atoms with Gasteiger partial charge in [0.25, 0.3) is 0 Å². The Kier molecular flexibility index (Phi) is 16.9. The highest BCUT2D eigenvalue weighted by Gasteiger charge is 2.24. The zero-order valence-corrected chi connectivity index (χ0v) is 43.9. The molecule has 8 aromatic rings. The van der Waals surface area contributed by atoms with Crippen LogP contribution in [0.2, 0.25) is 5.02 Å². The average molecular weight is 1070 g/mol. The summed E-state index contributed by atoms with van der Waals surface area (Å²) in [5, 5.41) is 4.51. The standard InChI is InChI=1S/C30H30F2N4O2.C16H10ClF2N.C14H21N3O2/c1-20-29(22-5-2-3-6-23(22)31)33-25-8-4-7-24(32)28(25)30(20)34-26-19-21(35-11-15-37-16-12-35)9-10-27(26)36-13-17-38-18-14-36;1-9-15(17)14-12(19)7-4-8-13(14)20-16(9)10-5-2-3-6-11(10)18;15-13-11-12(16-3-7-18-8-4-16)1-2-14(13)17-5-9-19-10-6-17/h2-10,19H,11-18H2,1H3,(H,33,34);2-8H,1H3;1-2,11H,3-10,15H2. The summed E-state index contributed by atoms with van der Waals surface area (Å²) in [4.78, 5) is 18.3. The molecule has 77 heavy (non-hydrogen) atoms. The van der Waals surface area contributed by atoms with Crippen molar-refractivity contribution in [2.24, 2.45) is 0 Å². The molecule has 0 aliphatic carbocycles. The first kappa shape index (κ1) is 53.2. The number of hydrogen-bond acceptors (Lipinski definition) is 12. The smallest absolute Gasteiger partial charge is 0.134 e. The number of ether oxygens (including phenoxy) is 4. The van der Waals surface area contributed by atoms with E-state index in [1.54, 1.807) is 67.6 Å². The third kappa shape index (κ3) is 11.9. The number of morpholine rings is 4. The molecule has 6 aromatic carbocycles. The van der Waals surface area contributed by atoms with Gasteiger partial charge in [-0.15, -0.1) is 0 Å². The van der Waals surface area contributed by atoms with Crippen LogP contribution in [0, 0.1) is 37.1 Å². The SMILES string of the molecule is Cc1c(-c2ccccc2F)nc2cccc(F)c2c1Cl.Cc1c(-c2ccccc2F)nc2cccc(F)c2c1Nc1cc(N2CCOCC2)ccc1N1CCOCC1.Nc1cc(N2CCOCC2)ccc1N1CCOCC1. The van der Waals surface area contributed by atoms with E-state index >= 15 is 4.39 Å². The first-order valence-electron chi connectivity index (χ1n) is 26.0. The van der Waals surface area contributed by atoms with Crippen LogP contribution in [0.15, 0.2) is 121 Å². The number of nitrogens with zero attached hydrogens (tertiary/aromatic N) is 6. The van der Waals surface area contributed by atoms with Crippen LogP contribution < -0.4 is 30.7 Å². The van der Waals surface area contributed by atoms with Gasteiger partial charge in [0.15, 0.2) is 0 Å². The molecule has 0 saturated carbocycles. The number of nitrogens with one attached hydrogen (secondary N) is 1. The van der Waals surface area contributed by atoms with Gasteiger partial charge in [0.05, 0.1) is 120 Å². The molecule has 0 bridgehead atoms. The number of halogens is 5. The fourth-order valence-electron chi connectivity index (χ4n) is 10.2. The second-order valence-corrected chi connectivity index (χ2v) is 19.4. The number of aromatic nitrogens is 2. The molecule has 0 unspecified atom stereocenters. The lowest BCUT2D eigenvalue weighted by atomic mass is 10.0. The number of fused-ring (bicyclic) bond motifs is 2. The molecule has 12 nitrogen and oxygen atoms in total. The molecule has 3 N–H and O–H groups in total. The number of anilines is 7. The van der Waals surface area contributed by atoms with Gasteiger partial charge in [-0.1, -0.05) is 48.0 Å². The normalized spacial score (nSPS) is 15.9. The number of rotatable bonds is 8. The molecule has 12 rings (SSSR count). The van der Waals surface area contributed by atoms with Crippen LogP contribution in [0.1, 0.15) is 11.1 Å². The van der Waals surface area contributed by atoms with Gasteiger partial charge in [0, 0.05) is 74.9 Å². The van der Waals surface area contributed by atoms with Gasteiger partial charge >= 0.3 is 0 Å². The minimum atomic E-state index is -0.428. The van der Waals surface area contributed by atoms with Crippen LogP contribution in [-0.4, -0.2) is 115 Å². The third-order valence-electron chi connectivity index (χ3n) is 14.3. The molecule has 2 aromatic heterocycles. The second kappa shape index (κ2) is 24.4. The third-order valence-corrected chi connectivity index (χ3v) is 14.8. The molecule has 0 radical (unpaired) electrons. The van der Waals surface area contributed by atoms with E-state index in [9.17, 15) is 13.2 Å². The number of hydrogen-bond donors (Lipinski definition) is 2. The van der Waals surface area contributed by atoms with Gasteiger partial charge < -0.3 is 49.6 Å². The van der Waals surface area contributed by atoms with Crippen molar-refractivity contribution in [1.29, 1.82) is 0 Å². The number of pyridine rings is 2. The van der Waals surface area contributed by atoms with Crippen LogP contribution in [-0.2, 0) is 18.9 Å². The topological polar surface area (TPSA) is 114 Å². The van der Waals surface area contributed by atoms with Crippen LogP contribution in [0.3, 0.4) is 0 Å². The lowest BCUT2D eigenvalue weighted by Crippen LogP contribution is -2.37. The van der Waals surface area contributed by atoms with Crippen LogP contribution >= 0.6 is 11.6 Å². The first-order chi connectivity index (χ1) is 37.5. The van der Waals surface area contributed by atoms with E-state index in [1.165, 1.54) is 30.0 Å². The maximum absolute atomic E-state index is 15.4. The highest BCUT2D eigenvalue weighted by Crippen LogP contribution is 2.41. The molecule has 4 fully saturated rings. The summed E-state index contributed by atoms with van der Waals surface area (Å²) in [5.41, 5.74) is 16.7. The molecule has 0 atom stereocenters. The van der Waals surface area contributed by atoms with Gasteiger partial charge in [0.1, 0.15) is 23.3 Å². The van der Waals surface area contributed by atoms with E-state index in [4.69, 9.17) is 41.3 Å². The summed E-state index contributed by atoms with van der Waals surface area (Å²) < 4.78 is 79.9. The minimum Gasteiger partial charge on any atom is -0.397 e. The highest BCUT2D eigenvalue weighted by molar-refractivity contribution is 6.36.